The third-order valence-electron chi connectivity index (χ3n) is 3.85. The Hall–Kier alpha value is -0.870. The average molecular weight is 235 g/mol. The van der Waals surface area contributed by atoms with E-state index >= 15 is 0 Å². The van der Waals surface area contributed by atoms with E-state index in [9.17, 15) is 0 Å². The molecule has 2 unspecified atom stereocenters. The smallest absolute Gasteiger partial charge is 0.211 e. The summed E-state index contributed by atoms with van der Waals surface area (Å²) in [5.41, 5.74) is 1.13. The number of rotatable bonds is 2. The molecule has 0 radical (unpaired) electrons. The van der Waals surface area contributed by atoms with Gasteiger partial charge in [-0.05, 0) is 45.7 Å². The van der Waals surface area contributed by atoms with E-state index in [4.69, 9.17) is 9.40 Å². The lowest BCUT2D eigenvalue weighted by Gasteiger charge is -2.20. The molecule has 0 saturated carbocycles. The van der Waals surface area contributed by atoms with Crippen molar-refractivity contribution in [2.75, 3.05) is 13.1 Å². The molecule has 1 aromatic heterocycles. The van der Waals surface area contributed by atoms with Crippen LogP contribution in [0.2, 0.25) is 0 Å². The van der Waals surface area contributed by atoms with Crippen molar-refractivity contribution in [3.05, 3.63) is 17.3 Å². The lowest BCUT2D eigenvalue weighted by atomic mass is 10.1. The molecule has 0 amide bonds. The van der Waals surface area contributed by atoms with Crippen molar-refractivity contribution in [3.63, 3.8) is 0 Å². The van der Waals surface area contributed by atoms with E-state index in [1.807, 2.05) is 6.92 Å². The Labute approximate surface area is 102 Å². The Balaban J connectivity index is 1.79. The highest BCUT2D eigenvalue weighted by Gasteiger charge is 2.26. The minimum atomic E-state index is 0.331. The molecule has 94 valence electrons. The van der Waals surface area contributed by atoms with Gasteiger partial charge >= 0.3 is 0 Å². The largest absolute Gasteiger partial charge is 0.444 e. The van der Waals surface area contributed by atoms with Crippen LogP contribution in [0, 0.1) is 6.92 Å². The molecule has 0 aromatic carbocycles. The van der Waals surface area contributed by atoms with Crippen LogP contribution in [0.25, 0.3) is 0 Å². The van der Waals surface area contributed by atoms with Gasteiger partial charge in [0.1, 0.15) is 5.76 Å². The monoisotopic (exact) mass is 235 g/mol. The molecule has 3 heterocycles. The maximum Gasteiger partial charge on any atom is 0.211 e. The van der Waals surface area contributed by atoms with E-state index in [-0.39, 0.29) is 0 Å². The van der Waals surface area contributed by atoms with Gasteiger partial charge in [-0.25, -0.2) is 4.98 Å². The molecule has 0 aliphatic carbocycles. The highest BCUT2D eigenvalue weighted by atomic mass is 16.4. The van der Waals surface area contributed by atoms with Crippen LogP contribution in [0.5, 0.6) is 0 Å². The van der Waals surface area contributed by atoms with Gasteiger partial charge in [0.05, 0.1) is 17.8 Å². The predicted molar refractivity (Wildman–Crippen MR) is 65.8 cm³/mol. The SMILES string of the molecule is Cc1oc(C2CCCCN2)nc1C1CCCN1. The summed E-state index contributed by atoms with van der Waals surface area (Å²) < 4.78 is 5.85. The summed E-state index contributed by atoms with van der Waals surface area (Å²) in [5.74, 6) is 1.89. The Bertz CT molecular complexity index is 376. The van der Waals surface area contributed by atoms with Gasteiger partial charge in [-0.2, -0.15) is 0 Å². The fourth-order valence-electron chi connectivity index (χ4n) is 2.88. The number of oxazole rings is 1. The summed E-state index contributed by atoms with van der Waals surface area (Å²) in [5, 5.41) is 6.98. The minimum Gasteiger partial charge on any atom is -0.444 e. The lowest BCUT2D eigenvalue weighted by molar-refractivity contribution is 0.333. The third kappa shape index (κ3) is 2.24. The normalized spacial score (nSPS) is 29.7. The molecule has 0 spiro atoms. The Morgan fingerprint density at radius 2 is 1.82 bits per heavy atom. The first-order valence-corrected chi connectivity index (χ1v) is 6.78. The molecule has 2 fully saturated rings. The summed E-state index contributed by atoms with van der Waals surface area (Å²) in [4.78, 5) is 4.72. The van der Waals surface area contributed by atoms with Crippen LogP contribution in [0.4, 0.5) is 0 Å². The summed E-state index contributed by atoms with van der Waals surface area (Å²) in [6, 6.07) is 0.744. The van der Waals surface area contributed by atoms with Crippen molar-refractivity contribution in [2.24, 2.45) is 0 Å². The van der Waals surface area contributed by atoms with Crippen molar-refractivity contribution < 1.29 is 4.42 Å². The van der Waals surface area contributed by atoms with Crippen molar-refractivity contribution in [1.82, 2.24) is 15.6 Å². The second-order valence-electron chi connectivity index (χ2n) is 5.14. The summed E-state index contributed by atoms with van der Waals surface area (Å²) in [6.07, 6.45) is 6.12. The number of hydrogen-bond acceptors (Lipinski definition) is 4. The van der Waals surface area contributed by atoms with E-state index in [2.05, 4.69) is 10.6 Å². The van der Waals surface area contributed by atoms with E-state index in [0.717, 1.165) is 36.9 Å². The average Bonchev–Trinajstić information content (AvgIpc) is 2.99. The Morgan fingerprint density at radius 3 is 2.53 bits per heavy atom. The van der Waals surface area contributed by atoms with Crippen LogP contribution in [0.3, 0.4) is 0 Å². The van der Waals surface area contributed by atoms with Crippen LogP contribution < -0.4 is 10.6 Å². The molecule has 17 heavy (non-hydrogen) atoms. The molecular formula is C13H21N3O. The summed E-state index contributed by atoms with van der Waals surface area (Å²) in [6.45, 7) is 4.23. The minimum absolute atomic E-state index is 0.331. The maximum absolute atomic E-state index is 5.85. The molecule has 4 heteroatoms. The van der Waals surface area contributed by atoms with Gasteiger partial charge in [0.25, 0.3) is 0 Å². The standard InChI is InChI=1S/C13H21N3O/c1-9-12(10-6-4-8-14-10)16-13(17-9)11-5-2-3-7-15-11/h10-11,14-15H,2-8H2,1H3. The third-order valence-corrected chi connectivity index (χ3v) is 3.85. The van der Waals surface area contributed by atoms with Crippen LogP contribution in [-0.2, 0) is 0 Å². The van der Waals surface area contributed by atoms with Gasteiger partial charge in [0, 0.05) is 0 Å². The highest BCUT2D eigenvalue weighted by Crippen LogP contribution is 2.29. The number of aryl methyl sites for hydroxylation is 1. The maximum atomic E-state index is 5.85. The van der Waals surface area contributed by atoms with Gasteiger partial charge in [-0.1, -0.05) is 6.42 Å². The first kappa shape index (κ1) is 11.2. The van der Waals surface area contributed by atoms with Gasteiger partial charge < -0.3 is 15.1 Å². The second kappa shape index (κ2) is 4.78. The molecule has 2 aliphatic rings. The summed E-state index contributed by atoms with van der Waals surface area (Å²) in [7, 11) is 0. The van der Waals surface area contributed by atoms with Crippen molar-refractivity contribution in [3.8, 4) is 0 Å². The fourth-order valence-corrected chi connectivity index (χ4v) is 2.88. The van der Waals surface area contributed by atoms with Gasteiger partial charge in [0.15, 0.2) is 0 Å². The zero-order chi connectivity index (χ0) is 11.7. The number of nitrogens with one attached hydrogen (secondary N) is 2. The second-order valence-corrected chi connectivity index (χ2v) is 5.14. The first-order chi connectivity index (χ1) is 8.34. The number of aromatic nitrogens is 1. The van der Waals surface area contributed by atoms with Crippen molar-refractivity contribution in [2.45, 2.75) is 51.1 Å². The molecule has 0 bridgehead atoms. The van der Waals surface area contributed by atoms with Crippen LogP contribution in [-0.4, -0.2) is 18.1 Å². The predicted octanol–water partition coefficient (Wildman–Crippen LogP) is 2.22. The topological polar surface area (TPSA) is 50.1 Å². The quantitative estimate of drug-likeness (QED) is 0.825. The van der Waals surface area contributed by atoms with Crippen LogP contribution >= 0.6 is 0 Å². The molecule has 4 nitrogen and oxygen atoms in total. The fraction of sp³-hybridized carbons (Fsp3) is 0.769. The lowest BCUT2D eigenvalue weighted by Crippen LogP contribution is -2.27. The number of piperidine rings is 1. The number of nitrogens with zero attached hydrogens (tertiary/aromatic N) is 1. The summed E-state index contributed by atoms with van der Waals surface area (Å²) >= 11 is 0. The molecule has 2 atom stereocenters. The Kier molecular flexibility index (Phi) is 3.16. The first-order valence-electron chi connectivity index (χ1n) is 6.78. The zero-order valence-electron chi connectivity index (χ0n) is 10.5. The van der Waals surface area contributed by atoms with Gasteiger partial charge in [-0.3, -0.25) is 0 Å². The zero-order valence-corrected chi connectivity index (χ0v) is 10.5. The molecule has 2 aliphatic heterocycles. The van der Waals surface area contributed by atoms with Gasteiger partial charge in [0.2, 0.25) is 5.89 Å². The van der Waals surface area contributed by atoms with Crippen LogP contribution in [0.1, 0.15) is 61.5 Å². The van der Waals surface area contributed by atoms with Crippen molar-refractivity contribution in [1.29, 1.82) is 0 Å². The van der Waals surface area contributed by atoms with E-state index in [1.54, 1.807) is 0 Å². The molecule has 2 N–H and O–H groups in total. The molecule has 1 aromatic rings. The van der Waals surface area contributed by atoms with Crippen molar-refractivity contribution >= 4 is 0 Å². The van der Waals surface area contributed by atoms with E-state index in [0.29, 0.717) is 12.1 Å². The Morgan fingerprint density at radius 1 is 1.06 bits per heavy atom. The molecular weight excluding hydrogens is 214 g/mol. The van der Waals surface area contributed by atoms with E-state index < -0.39 is 0 Å². The van der Waals surface area contributed by atoms with E-state index in [1.165, 1.54) is 25.7 Å². The highest BCUT2D eigenvalue weighted by molar-refractivity contribution is 5.15. The van der Waals surface area contributed by atoms with Gasteiger partial charge in [-0.15, -0.1) is 0 Å². The number of hydrogen-bond donors (Lipinski definition) is 2. The molecule has 2 saturated heterocycles. The molecule has 3 rings (SSSR count). The van der Waals surface area contributed by atoms with Crippen LogP contribution in [0.15, 0.2) is 4.42 Å².